The third kappa shape index (κ3) is 4.27. The smallest absolute Gasteiger partial charge is 0.339 e. The van der Waals surface area contributed by atoms with Crippen molar-refractivity contribution in [3.8, 4) is 5.75 Å². The average Bonchev–Trinajstić information content (AvgIpc) is 3.43. The van der Waals surface area contributed by atoms with E-state index in [0.29, 0.717) is 11.1 Å². The van der Waals surface area contributed by atoms with Crippen LogP contribution in [0.4, 0.5) is 0 Å². The van der Waals surface area contributed by atoms with Crippen LogP contribution in [-0.4, -0.2) is 38.5 Å². The van der Waals surface area contributed by atoms with Crippen LogP contribution >= 0.6 is 0 Å². The number of carbonyl (C=O) groups is 2. The molecule has 45 heavy (non-hydrogen) atoms. The van der Waals surface area contributed by atoms with Crippen molar-refractivity contribution in [1.82, 2.24) is 0 Å². The minimum atomic E-state index is -4.00. The molecule has 0 aromatic heterocycles. The molecule has 0 spiro atoms. The van der Waals surface area contributed by atoms with Crippen LogP contribution in [0.2, 0.25) is 0 Å². The molecule has 3 fully saturated rings. The summed E-state index contributed by atoms with van der Waals surface area (Å²) in [5.74, 6) is 0.0950. The van der Waals surface area contributed by atoms with Crippen molar-refractivity contribution in [2.75, 3.05) is 0 Å². The number of hydrogen-bond acceptors (Lipinski definition) is 7. The van der Waals surface area contributed by atoms with Gasteiger partial charge in [0, 0.05) is 17.3 Å². The lowest BCUT2D eigenvalue weighted by Gasteiger charge is -2.58. The van der Waals surface area contributed by atoms with Crippen LogP contribution in [-0.2, 0) is 29.2 Å². The maximum atomic E-state index is 13.6. The fraction of sp³-hybridized carbons (Fsp3) is 0.514. The fourth-order valence-corrected chi connectivity index (χ4v) is 11.4. The maximum absolute atomic E-state index is 13.6. The van der Waals surface area contributed by atoms with Crippen molar-refractivity contribution in [2.24, 2.45) is 28.6 Å². The van der Waals surface area contributed by atoms with Crippen molar-refractivity contribution in [2.45, 2.75) is 96.9 Å². The van der Waals surface area contributed by atoms with Gasteiger partial charge in [-0.1, -0.05) is 61.7 Å². The summed E-state index contributed by atoms with van der Waals surface area (Å²) < 4.78 is 45.1. The molecule has 0 unspecified atom stereocenters. The summed E-state index contributed by atoms with van der Waals surface area (Å²) in [5, 5.41) is 0. The molecule has 2 heterocycles. The Morgan fingerprint density at radius 2 is 1.64 bits per heavy atom. The number of rotatable bonds is 5. The predicted octanol–water partition coefficient (Wildman–Crippen LogP) is 6.69. The third-order valence-corrected chi connectivity index (χ3v) is 13.4. The lowest BCUT2D eigenvalue weighted by Crippen LogP contribution is -2.64. The van der Waals surface area contributed by atoms with Crippen LogP contribution in [0.3, 0.4) is 0 Å². The Bertz CT molecular complexity index is 1760. The topological polar surface area (TPSA) is 96.0 Å². The van der Waals surface area contributed by atoms with Crippen molar-refractivity contribution < 1.29 is 31.7 Å². The van der Waals surface area contributed by atoms with Gasteiger partial charge in [0.2, 0.25) is 0 Å². The Balaban J connectivity index is 1.15. The number of ketones is 1. The van der Waals surface area contributed by atoms with Crippen LogP contribution < -0.4 is 4.18 Å². The van der Waals surface area contributed by atoms with Gasteiger partial charge in [-0.05, 0) is 99.8 Å². The van der Waals surface area contributed by atoms with Gasteiger partial charge >= 0.3 is 16.1 Å². The van der Waals surface area contributed by atoms with Gasteiger partial charge in [0.05, 0.1) is 17.6 Å². The van der Waals surface area contributed by atoms with E-state index in [4.69, 9.17) is 13.7 Å². The summed E-state index contributed by atoms with van der Waals surface area (Å²) in [6.07, 6.45) is 4.98. The van der Waals surface area contributed by atoms with Crippen LogP contribution in [0.1, 0.15) is 75.1 Å². The van der Waals surface area contributed by atoms with Crippen LogP contribution in [0, 0.1) is 49.4 Å². The second-order valence-electron chi connectivity index (χ2n) is 14.4. The fourth-order valence-electron chi connectivity index (χ4n) is 10.0. The zero-order chi connectivity index (χ0) is 32.2. The summed E-state index contributed by atoms with van der Waals surface area (Å²) in [6.45, 7) is 13.8. The Labute approximate surface area is 266 Å². The number of aryl methyl sites for hydroxylation is 3. The highest BCUT2D eigenvalue weighted by Gasteiger charge is 2.72. The molecule has 8 heteroatoms. The largest absolute Gasteiger partial charge is 0.459 e. The van der Waals surface area contributed by atoms with E-state index >= 15 is 0 Å². The van der Waals surface area contributed by atoms with Gasteiger partial charge in [0.25, 0.3) is 0 Å². The average molecular weight is 631 g/mol. The van der Waals surface area contributed by atoms with Gasteiger partial charge in [0.1, 0.15) is 16.7 Å². The number of esters is 1. The summed E-state index contributed by atoms with van der Waals surface area (Å²) in [5.41, 5.74) is 4.42. The molecule has 2 aromatic carbocycles. The first-order valence-electron chi connectivity index (χ1n) is 16.1. The van der Waals surface area contributed by atoms with Gasteiger partial charge in [0.15, 0.2) is 5.78 Å². The molecule has 9 atom stereocenters. The SMILES string of the molecule is CC[C@H]1[C@@H]2CC3=C(C)[C@@H](c4ccc(OS(=O)(=O)c5c(C)cc(C)cc5C)cc4)C[C@@H]3O[C@@H]2[C@@H]2OC(=O)[C@]3(C)C=CC(=O)[C@@]1(C)[C@@H]23. The zero-order valence-electron chi connectivity index (χ0n) is 27.0. The van der Waals surface area contributed by atoms with Crippen LogP contribution in [0.25, 0.3) is 0 Å². The predicted molar refractivity (Wildman–Crippen MR) is 169 cm³/mol. The second kappa shape index (κ2) is 10.1. The van der Waals surface area contributed by atoms with Gasteiger partial charge in [-0.25, -0.2) is 0 Å². The molecule has 7 nitrogen and oxygen atoms in total. The first kappa shape index (κ1) is 30.4. The summed E-state index contributed by atoms with van der Waals surface area (Å²) in [4.78, 5) is 27.0. The van der Waals surface area contributed by atoms with E-state index in [1.807, 2.05) is 38.1 Å². The Morgan fingerprint density at radius 3 is 2.29 bits per heavy atom. The zero-order valence-corrected chi connectivity index (χ0v) is 27.9. The molecule has 7 rings (SSSR count). The normalized spacial score (nSPS) is 36.8. The highest BCUT2D eigenvalue weighted by molar-refractivity contribution is 7.87. The van der Waals surface area contributed by atoms with E-state index < -0.39 is 27.1 Å². The molecule has 2 aromatic rings. The summed E-state index contributed by atoms with van der Waals surface area (Å²) in [6, 6.07) is 11.0. The van der Waals surface area contributed by atoms with Gasteiger partial charge in [-0.15, -0.1) is 0 Å². The lowest BCUT2D eigenvalue weighted by atomic mass is 9.45. The van der Waals surface area contributed by atoms with Gasteiger partial charge in [-0.2, -0.15) is 8.42 Å². The van der Waals surface area contributed by atoms with E-state index in [1.165, 1.54) is 11.1 Å². The third-order valence-electron chi connectivity index (χ3n) is 11.9. The van der Waals surface area contributed by atoms with Crippen molar-refractivity contribution in [3.05, 3.63) is 82.0 Å². The molecule has 2 aliphatic heterocycles. The van der Waals surface area contributed by atoms with E-state index in [9.17, 15) is 18.0 Å². The molecule has 0 radical (unpaired) electrons. The van der Waals surface area contributed by atoms with E-state index in [2.05, 4.69) is 20.8 Å². The van der Waals surface area contributed by atoms with Crippen molar-refractivity contribution in [3.63, 3.8) is 0 Å². The molecular formula is C37H42O7S. The number of carbonyl (C=O) groups excluding carboxylic acids is 2. The summed E-state index contributed by atoms with van der Waals surface area (Å²) >= 11 is 0. The highest BCUT2D eigenvalue weighted by Crippen LogP contribution is 2.65. The van der Waals surface area contributed by atoms with Crippen molar-refractivity contribution in [1.29, 1.82) is 0 Å². The molecule has 1 saturated carbocycles. The van der Waals surface area contributed by atoms with Crippen LogP contribution in [0.15, 0.2) is 64.6 Å². The molecule has 2 saturated heterocycles. The number of hydrogen-bond donors (Lipinski definition) is 0. The first-order chi connectivity index (χ1) is 21.2. The van der Waals surface area contributed by atoms with E-state index in [-0.39, 0.29) is 58.3 Å². The Kier molecular flexibility index (Phi) is 6.85. The minimum absolute atomic E-state index is 0.0644. The molecule has 0 bridgehead atoms. The lowest BCUT2D eigenvalue weighted by molar-refractivity contribution is -0.202. The standard InChI is InChI=1S/C37H42O7S/c1-8-28-27-17-26-22(5)25(23-9-11-24(12-10-23)44-45(40,41)33-20(3)15-19(2)16-21(33)4)18-29(26)42-31(27)32-34-36(6,35(39)43-32)14-13-30(38)37(28,34)7/h9-16,25,27-29,31-32,34H,8,17-18H2,1-7H3/t25-,27-,28-,29-,31-,32-,34-,36+,37-/m0/s1. The van der Waals surface area contributed by atoms with Gasteiger partial charge in [-0.3, -0.25) is 9.59 Å². The number of allylic oxidation sites excluding steroid dienone is 2. The Morgan fingerprint density at radius 1 is 0.978 bits per heavy atom. The number of fused-ring (bicyclic) bond motifs is 3. The number of ether oxygens (including phenoxy) is 2. The Hall–Kier alpha value is -3.23. The molecule has 238 valence electrons. The molecular weight excluding hydrogens is 588 g/mol. The van der Waals surface area contributed by atoms with Crippen molar-refractivity contribution >= 4 is 21.9 Å². The minimum Gasteiger partial charge on any atom is -0.459 e. The first-order valence-corrected chi connectivity index (χ1v) is 17.5. The quantitative estimate of drug-likeness (QED) is 0.206. The second-order valence-corrected chi connectivity index (χ2v) is 15.9. The molecule has 5 aliphatic rings. The van der Waals surface area contributed by atoms with Gasteiger partial charge < -0.3 is 13.7 Å². The maximum Gasteiger partial charge on any atom is 0.339 e. The van der Waals surface area contributed by atoms with E-state index in [0.717, 1.165) is 30.4 Å². The number of benzene rings is 2. The highest BCUT2D eigenvalue weighted by atomic mass is 32.2. The molecule has 3 aliphatic carbocycles. The van der Waals surface area contributed by atoms with Crippen LogP contribution in [0.5, 0.6) is 5.75 Å². The molecule has 0 amide bonds. The molecule has 0 N–H and O–H groups in total. The van der Waals surface area contributed by atoms with E-state index in [1.54, 1.807) is 38.1 Å². The monoisotopic (exact) mass is 630 g/mol. The summed E-state index contributed by atoms with van der Waals surface area (Å²) in [7, 11) is -4.00.